The molecule has 4 nitrogen and oxygen atoms in total. The molecule has 2 aliphatic rings. The third-order valence-electron chi connectivity index (χ3n) is 3.54. The Kier molecular flexibility index (Phi) is 2.66. The van der Waals surface area contributed by atoms with Crippen molar-refractivity contribution < 1.29 is 19.4 Å². The van der Waals surface area contributed by atoms with Gasteiger partial charge in [0.1, 0.15) is 13.2 Å². The molecule has 0 atom stereocenters. The average Bonchev–Trinajstić information content (AvgIpc) is 3.18. The first-order chi connectivity index (χ1) is 8.67. The predicted molar refractivity (Wildman–Crippen MR) is 67.8 cm³/mol. The first-order valence-corrected chi connectivity index (χ1v) is 7.11. The van der Waals surface area contributed by atoms with Crippen LogP contribution in [0.5, 0.6) is 11.5 Å². The molecule has 1 heterocycles. The maximum absolute atomic E-state index is 11.4. The van der Waals surface area contributed by atoms with E-state index >= 15 is 0 Å². The fourth-order valence-electron chi connectivity index (χ4n) is 2.34. The summed E-state index contributed by atoms with van der Waals surface area (Å²) in [6, 6.07) is 3.75. The van der Waals surface area contributed by atoms with Gasteiger partial charge in [-0.25, -0.2) is 0 Å². The standard InChI is InChI=1S/C13H14O4S/c1-18-11-7-10-9(16-4-5-17-10)6-8(11)13(2-3-13)12(14)15/h6-7H,2-5H2,1H3,(H,14,15). The molecule has 0 saturated heterocycles. The highest BCUT2D eigenvalue weighted by atomic mass is 32.2. The van der Waals surface area contributed by atoms with Crippen LogP contribution in [-0.4, -0.2) is 30.5 Å². The van der Waals surface area contributed by atoms with Crippen LogP contribution < -0.4 is 9.47 Å². The van der Waals surface area contributed by atoms with Crippen molar-refractivity contribution in [3.05, 3.63) is 17.7 Å². The molecule has 1 aromatic carbocycles. The topological polar surface area (TPSA) is 55.8 Å². The Morgan fingerprint density at radius 3 is 2.39 bits per heavy atom. The molecule has 5 heteroatoms. The van der Waals surface area contributed by atoms with Gasteiger partial charge in [0.15, 0.2) is 11.5 Å². The number of carboxylic acid groups (broad SMARTS) is 1. The van der Waals surface area contributed by atoms with Crippen LogP contribution in [0.3, 0.4) is 0 Å². The Bertz CT molecular complexity index is 508. The lowest BCUT2D eigenvalue weighted by Crippen LogP contribution is -2.22. The maximum atomic E-state index is 11.4. The minimum Gasteiger partial charge on any atom is -0.486 e. The second kappa shape index (κ2) is 4.09. The molecule has 0 aromatic heterocycles. The van der Waals surface area contributed by atoms with Crippen LogP contribution in [0.25, 0.3) is 0 Å². The van der Waals surface area contributed by atoms with E-state index in [1.807, 2.05) is 18.4 Å². The lowest BCUT2D eigenvalue weighted by molar-refractivity contribution is -0.140. The summed E-state index contributed by atoms with van der Waals surface area (Å²) in [7, 11) is 0. The Morgan fingerprint density at radius 2 is 1.89 bits per heavy atom. The van der Waals surface area contributed by atoms with Crippen molar-refractivity contribution in [1.82, 2.24) is 0 Å². The number of carbonyl (C=O) groups is 1. The zero-order valence-electron chi connectivity index (χ0n) is 10.1. The van der Waals surface area contributed by atoms with Crippen molar-refractivity contribution in [2.75, 3.05) is 19.5 Å². The molecule has 1 N–H and O–H groups in total. The van der Waals surface area contributed by atoms with Gasteiger partial charge in [-0.2, -0.15) is 0 Å². The molecule has 1 aliphatic carbocycles. The molecule has 1 saturated carbocycles. The highest BCUT2D eigenvalue weighted by molar-refractivity contribution is 7.98. The van der Waals surface area contributed by atoms with Gasteiger partial charge in [0.2, 0.25) is 0 Å². The fourth-order valence-corrected chi connectivity index (χ4v) is 3.04. The van der Waals surface area contributed by atoms with Crippen molar-refractivity contribution in [2.45, 2.75) is 23.2 Å². The third-order valence-corrected chi connectivity index (χ3v) is 4.32. The molecule has 18 heavy (non-hydrogen) atoms. The largest absolute Gasteiger partial charge is 0.486 e. The molecular formula is C13H14O4S. The lowest BCUT2D eigenvalue weighted by Gasteiger charge is -2.22. The van der Waals surface area contributed by atoms with E-state index in [1.54, 1.807) is 11.8 Å². The van der Waals surface area contributed by atoms with Gasteiger partial charge < -0.3 is 14.6 Å². The van der Waals surface area contributed by atoms with E-state index in [0.717, 1.165) is 16.2 Å². The van der Waals surface area contributed by atoms with Gasteiger partial charge in [0.25, 0.3) is 0 Å². The van der Waals surface area contributed by atoms with Crippen LogP contribution in [0, 0.1) is 0 Å². The Hall–Kier alpha value is -1.36. The molecule has 96 valence electrons. The van der Waals surface area contributed by atoms with Gasteiger partial charge in [-0.1, -0.05) is 0 Å². The summed E-state index contributed by atoms with van der Waals surface area (Å²) >= 11 is 1.55. The normalized spacial score (nSPS) is 19.4. The Balaban J connectivity index is 2.11. The van der Waals surface area contributed by atoms with Crippen molar-refractivity contribution in [3.8, 4) is 11.5 Å². The van der Waals surface area contributed by atoms with Crippen molar-refractivity contribution >= 4 is 17.7 Å². The number of carboxylic acids is 1. The summed E-state index contributed by atoms with van der Waals surface area (Å²) in [5.74, 6) is 0.645. The number of fused-ring (bicyclic) bond motifs is 1. The van der Waals surface area contributed by atoms with E-state index in [0.29, 0.717) is 31.8 Å². The van der Waals surface area contributed by atoms with E-state index in [9.17, 15) is 9.90 Å². The van der Waals surface area contributed by atoms with E-state index in [1.165, 1.54) is 0 Å². The molecule has 0 bridgehead atoms. The SMILES string of the molecule is CSc1cc2c(cc1C1(C(=O)O)CC1)OCCO2. The monoisotopic (exact) mass is 266 g/mol. The summed E-state index contributed by atoms with van der Waals surface area (Å²) in [4.78, 5) is 12.4. The molecule has 0 radical (unpaired) electrons. The number of hydrogen-bond donors (Lipinski definition) is 1. The number of thioether (sulfide) groups is 1. The molecular weight excluding hydrogens is 252 g/mol. The first-order valence-electron chi connectivity index (χ1n) is 5.89. The molecule has 0 spiro atoms. The van der Waals surface area contributed by atoms with Gasteiger partial charge in [0, 0.05) is 4.90 Å². The zero-order valence-corrected chi connectivity index (χ0v) is 10.9. The molecule has 0 unspecified atom stereocenters. The summed E-state index contributed by atoms with van der Waals surface area (Å²) in [5, 5.41) is 9.40. The van der Waals surface area contributed by atoms with Crippen LogP contribution in [0.15, 0.2) is 17.0 Å². The maximum Gasteiger partial charge on any atom is 0.314 e. The van der Waals surface area contributed by atoms with Gasteiger partial charge in [-0.3, -0.25) is 4.79 Å². The minimum absolute atomic E-state index is 0.519. The highest BCUT2D eigenvalue weighted by Crippen LogP contribution is 2.53. The number of rotatable bonds is 3. The third kappa shape index (κ3) is 1.65. The molecule has 1 aromatic rings. The van der Waals surface area contributed by atoms with Gasteiger partial charge in [0.05, 0.1) is 5.41 Å². The van der Waals surface area contributed by atoms with Crippen LogP contribution in [-0.2, 0) is 10.2 Å². The molecule has 0 amide bonds. The summed E-state index contributed by atoms with van der Waals surface area (Å²) < 4.78 is 11.1. The second-order valence-electron chi connectivity index (χ2n) is 4.58. The van der Waals surface area contributed by atoms with Crippen LogP contribution >= 0.6 is 11.8 Å². The second-order valence-corrected chi connectivity index (χ2v) is 5.43. The molecule has 3 rings (SSSR count). The van der Waals surface area contributed by atoms with E-state index < -0.39 is 11.4 Å². The van der Waals surface area contributed by atoms with Crippen molar-refractivity contribution in [1.29, 1.82) is 0 Å². The predicted octanol–water partition coefficient (Wildman–Crippen LogP) is 2.30. The Labute approximate surface area is 109 Å². The Morgan fingerprint density at radius 1 is 1.28 bits per heavy atom. The number of benzene rings is 1. The lowest BCUT2D eigenvalue weighted by atomic mass is 9.95. The average molecular weight is 266 g/mol. The zero-order chi connectivity index (χ0) is 12.8. The van der Waals surface area contributed by atoms with Gasteiger partial charge >= 0.3 is 5.97 Å². The van der Waals surface area contributed by atoms with E-state index in [-0.39, 0.29) is 0 Å². The van der Waals surface area contributed by atoms with Crippen molar-refractivity contribution in [3.63, 3.8) is 0 Å². The fraction of sp³-hybridized carbons (Fsp3) is 0.462. The van der Waals surface area contributed by atoms with Crippen LogP contribution in [0.1, 0.15) is 18.4 Å². The highest BCUT2D eigenvalue weighted by Gasteiger charge is 2.53. The molecule has 1 fully saturated rings. The smallest absolute Gasteiger partial charge is 0.314 e. The van der Waals surface area contributed by atoms with E-state index in [4.69, 9.17) is 9.47 Å². The summed E-state index contributed by atoms with van der Waals surface area (Å²) in [6.07, 6.45) is 3.36. The van der Waals surface area contributed by atoms with Gasteiger partial charge in [-0.05, 0) is 36.8 Å². The first kappa shape index (κ1) is 11.7. The van der Waals surface area contributed by atoms with Gasteiger partial charge in [-0.15, -0.1) is 11.8 Å². The van der Waals surface area contributed by atoms with Crippen molar-refractivity contribution in [2.24, 2.45) is 0 Å². The van der Waals surface area contributed by atoms with E-state index in [2.05, 4.69) is 0 Å². The van der Waals surface area contributed by atoms with Crippen LogP contribution in [0.2, 0.25) is 0 Å². The number of hydrogen-bond acceptors (Lipinski definition) is 4. The van der Waals surface area contributed by atoms with Crippen LogP contribution in [0.4, 0.5) is 0 Å². The summed E-state index contributed by atoms with van der Waals surface area (Å²) in [6.45, 7) is 1.06. The number of aliphatic carboxylic acids is 1. The minimum atomic E-state index is -0.741. The molecule has 1 aliphatic heterocycles. The number of ether oxygens (including phenoxy) is 2. The summed E-state index contributed by atoms with van der Waals surface area (Å²) in [5.41, 5.74) is 0.167. The quantitative estimate of drug-likeness (QED) is 0.851.